The quantitative estimate of drug-likeness (QED) is 0.803. The van der Waals surface area contributed by atoms with Gasteiger partial charge in [-0.3, -0.25) is 0 Å². The average molecular weight is 231 g/mol. The highest BCUT2D eigenvalue weighted by atomic mass is 16.3. The summed E-state index contributed by atoms with van der Waals surface area (Å²) < 4.78 is 0. The van der Waals surface area contributed by atoms with E-state index in [1.165, 1.54) is 31.4 Å². The molecule has 1 fully saturated rings. The molecular weight excluding hydrogens is 210 g/mol. The van der Waals surface area contributed by atoms with Crippen molar-refractivity contribution in [2.45, 2.75) is 38.5 Å². The van der Waals surface area contributed by atoms with Crippen LogP contribution >= 0.6 is 0 Å². The average Bonchev–Trinajstić information content (AvgIpc) is 2.88. The first-order valence-electron chi connectivity index (χ1n) is 6.83. The zero-order chi connectivity index (χ0) is 11.7. The smallest absolute Gasteiger partial charge is 0.0925 e. The molecule has 1 saturated carbocycles. The molecule has 0 aromatic rings. The number of allylic oxidation sites excluding steroid dienone is 3. The second-order valence-corrected chi connectivity index (χ2v) is 5.52. The summed E-state index contributed by atoms with van der Waals surface area (Å²) in [6, 6.07) is 0. The lowest BCUT2D eigenvalue weighted by Gasteiger charge is -2.19. The van der Waals surface area contributed by atoms with Gasteiger partial charge in [0.25, 0.3) is 0 Å². The summed E-state index contributed by atoms with van der Waals surface area (Å²) in [5.74, 6) is 1.41. The summed E-state index contributed by atoms with van der Waals surface area (Å²) in [5, 5.41) is 9.31. The standard InChI is InChI=1S/C15H21NO/c17-15-6-4-12(5-7-15)8-9-16-10-13-2-1-3-14(13)11-16/h4,6,10,14,17H,1-3,5,7-9,11H2. The first-order valence-corrected chi connectivity index (χ1v) is 6.83. The van der Waals surface area contributed by atoms with Crippen LogP contribution in [0.5, 0.6) is 0 Å². The molecule has 1 N–H and O–H groups in total. The maximum absolute atomic E-state index is 9.31. The Hall–Kier alpha value is -1.18. The zero-order valence-electron chi connectivity index (χ0n) is 10.4. The van der Waals surface area contributed by atoms with Crippen molar-refractivity contribution in [1.82, 2.24) is 4.90 Å². The summed E-state index contributed by atoms with van der Waals surface area (Å²) in [6.45, 7) is 2.41. The van der Waals surface area contributed by atoms with Crippen LogP contribution in [-0.2, 0) is 0 Å². The van der Waals surface area contributed by atoms with E-state index in [0.717, 1.165) is 31.7 Å². The fourth-order valence-electron chi connectivity index (χ4n) is 3.21. The van der Waals surface area contributed by atoms with Gasteiger partial charge in [-0.1, -0.05) is 11.6 Å². The number of hydrogen-bond donors (Lipinski definition) is 1. The Morgan fingerprint density at radius 2 is 2.18 bits per heavy atom. The summed E-state index contributed by atoms with van der Waals surface area (Å²) >= 11 is 0. The molecule has 1 aliphatic heterocycles. The van der Waals surface area contributed by atoms with Gasteiger partial charge in [0.05, 0.1) is 5.76 Å². The highest BCUT2D eigenvalue weighted by Crippen LogP contribution is 2.36. The van der Waals surface area contributed by atoms with Crippen LogP contribution in [0.3, 0.4) is 0 Å². The fourth-order valence-corrected chi connectivity index (χ4v) is 3.21. The van der Waals surface area contributed by atoms with E-state index in [1.807, 2.05) is 6.08 Å². The van der Waals surface area contributed by atoms with E-state index in [2.05, 4.69) is 17.2 Å². The maximum Gasteiger partial charge on any atom is 0.0925 e. The third-order valence-corrected chi connectivity index (χ3v) is 4.28. The molecule has 17 heavy (non-hydrogen) atoms. The number of nitrogens with zero attached hydrogens (tertiary/aromatic N) is 1. The van der Waals surface area contributed by atoms with Crippen LogP contribution in [0.2, 0.25) is 0 Å². The third kappa shape index (κ3) is 2.41. The van der Waals surface area contributed by atoms with Crippen molar-refractivity contribution in [2.24, 2.45) is 5.92 Å². The van der Waals surface area contributed by atoms with E-state index < -0.39 is 0 Å². The predicted molar refractivity (Wildman–Crippen MR) is 69.6 cm³/mol. The topological polar surface area (TPSA) is 23.5 Å². The monoisotopic (exact) mass is 231 g/mol. The number of aliphatic hydroxyl groups is 1. The van der Waals surface area contributed by atoms with Crippen molar-refractivity contribution in [3.05, 3.63) is 35.3 Å². The molecule has 2 nitrogen and oxygen atoms in total. The van der Waals surface area contributed by atoms with Crippen molar-refractivity contribution >= 4 is 0 Å². The number of fused-ring (bicyclic) bond motifs is 1. The largest absolute Gasteiger partial charge is 0.512 e. The molecule has 3 aliphatic rings. The predicted octanol–water partition coefficient (Wildman–Crippen LogP) is 3.54. The lowest BCUT2D eigenvalue weighted by atomic mass is 10.0. The molecule has 0 radical (unpaired) electrons. The molecule has 1 atom stereocenters. The van der Waals surface area contributed by atoms with Gasteiger partial charge in [0.2, 0.25) is 0 Å². The fraction of sp³-hybridized carbons (Fsp3) is 0.600. The summed E-state index contributed by atoms with van der Waals surface area (Å²) in [4.78, 5) is 2.50. The van der Waals surface area contributed by atoms with E-state index in [0.29, 0.717) is 5.76 Å². The second-order valence-electron chi connectivity index (χ2n) is 5.52. The molecule has 0 spiro atoms. The van der Waals surface area contributed by atoms with Gasteiger partial charge in [-0.15, -0.1) is 0 Å². The van der Waals surface area contributed by atoms with Gasteiger partial charge in [-0.05, 0) is 55.9 Å². The van der Waals surface area contributed by atoms with Gasteiger partial charge in [-0.25, -0.2) is 0 Å². The van der Waals surface area contributed by atoms with Gasteiger partial charge in [-0.2, -0.15) is 0 Å². The van der Waals surface area contributed by atoms with Crippen LogP contribution in [0.1, 0.15) is 38.5 Å². The molecule has 1 heterocycles. The van der Waals surface area contributed by atoms with Crippen LogP contribution < -0.4 is 0 Å². The Bertz CT molecular complexity index is 392. The van der Waals surface area contributed by atoms with Crippen LogP contribution in [0, 0.1) is 5.92 Å². The minimum Gasteiger partial charge on any atom is -0.512 e. The Kier molecular flexibility index (Phi) is 2.96. The molecule has 0 aromatic heterocycles. The van der Waals surface area contributed by atoms with Crippen molar-refractivity contribution in [3.8, 4) is 0 Å². The molecule has 2 aliphatic carbocycles. The Labute approximate surface area is 103 Å². The van der Waals surface area contributed by atoms with E-state index in [9.17, 15) is 5.11 Å². The van der Waals surface area contributed by atoms with Gasteiger partial charge >= 0.3 is 0 Å². The number of rotatable bonds is 3. The lowest BCUT2D eigenvalue weighted by molar-refractivity contribution is 0.360. The van der Waals surface area contributed by atoms with Crippen LogP contribution in [0.15, 0.2) is 35.3 Å². The molecule has 3 rings (SSSR count). The first kappa shape index (κ1) is 10.9. The van der Waals surface area contributed by atoms with Crippen LogP contribution in [0.4, 0.5) is 0 Å². The highest BCUT2D eigenvalue weighted by Gasteiger charge is 2.27. The SMILES string of the molecule is OC1=CC=C(CCN2C=C3CCCC3C2)CC1. The van der Waals surface area contributed by atoms with Crippen molar-refractivity contribution in [3.63, 3.8) is 0 Å². The normalized spacial score (nSPS) is 27.6. The van der Waals surface area contributed by atoms with Gasteiger partial charge in [0, 0.05) is 19.5 Å². The van der Waals surface area contributed by atoms with Crippen molar-refractivity contribution in [2.75, 3.05) is 13.1 Å². The molecule has 0 amide bonds. The lowest BCUT2D eigenvalue weighted by Crippen LogP contribution is -2.19. The molecule has 0 bridgehead atoms. The van der Waals surface area contributed by atoms with Gasteiger partial charge in [0.15, 0.2) is 0 Å². The molecule has 0 aromatic carbocycles. The van der Waals surface area contributed by atoms with E-state index in [1.54, 1.807) is 5.57 Å². The Balaban J connectivity index is 1.51. The van der Waals surface area contributed by atoms with E-state index >= 15 is 0 Å². The molecule has 2 heteroatoms. The van der Waals surface area contributed by atoms with Gasteiger partial charge in [0.1, 0.15) is 0 Å². The number of aliphatic hydroxyl groups excluding tert-OH is 1. The first-order chi connectivity index (χ1) is 8.31. The summed E-state index contributed by atoms with van der Waals surface area (Å²) in [6.07, 6.45) is 13.5. The molecular formula is C15H21NO. The highest BCUT2D eigenvalue weighted by molar-refractivity contribution is 5.21. The zero-order valence-corrected chi connectivity index (χ0v) is 10.4. The Morgan fingerprint density at radius 3 is 2.94 bits per heavy atom. The van der Waals surface area contributed by atoms with E-state index in [-0.39, 0.29) is 0 Å². The molecule has 1 unspecified atom stereocenters. The maximum atomic E-state index is 9.31. The number of hydrogen-bond acceptors (Lipinski definition) is 2. The minimum atomic E-state index is 0.534. The molecule has 92 valence electrons. The second kappa shape index (κ2) is 4.59. The summed E-state index contributed by atoms with van der Waals surface area (Å²) in [5.41, 5.74) is 3.18. The van der Waals surface area contributed by atoms with E-state index in [4.69, 9.17) is 0 Å². The van der Waals surface area contributed by atoms with Crippen LogP contribution in [0.25, 0.3) is 0 Å². The van der Waals surface area contributed by atoms with Crippen molar-refractivity contribution < 1.29 is 5.11 Å². The van der Waals surface area contributed by atoms with Crippen molar-refractivity contribution in [1.29, 1.82) is 0 Å². The minimum absolute atomic E-state index is 0.534. The third-order valence-electron chi connectivity index (χ3n) is 4.28. The molecule has 0 saturated heterocycles. The van der Waals surface area contributed by atoms with Gasteiger partial charge < -0.3 is 10.0 Å². The summed E-state index contributed by atoms with van der Waals surface area (Å²) in [7, 11) is 0. The van der Waals surface area contributed by atoms with Crippen LogP contribution in [-0.4, -0.2) is 23.1 Å². The Morgan fingerprint density at radius 1 is 1.24 bits per heavy atom.